The van der Waals surface area contributed by atoms with E-state index in [1.165, 1.54) is 7.11 Å². The Kier molecular flexibility index (Phi) is 4.44. The van der Waals surface area contributed by atoms with Crippen molar-refractivity contribution in [2.75, 3.05) is 13.7 Å². The van der Waals surface area contributed by atoms with Crippen molar-refractivity contribution in [2.24, 2.45) is 16.5 Å². The van der Waals surface area contributed by atoms with Crippen molar-refractivity contribution >= 4 is 5.96 Å². The molecule has 1 aliphatic heterocycles. The quantitative estimate of drug-likeness (QED) is 0.255. The van der Waals surface area contributed by atoms with Gasteiger partial charge in [-0.15, -0.1) is 0 Å². The maximum atomic E-state index is 9.59. The average molecular weight is 235 g/mol. The molecule has 1 fully saturated rings. The summed E-state index contributed by atoms with van der Waals surface area (Å²) in [5, 5.41) is 28.6. The Morgan fingerprint density at radius 2 is 1.88 bits per heavy atom. The van der Waals surface area contributed by atoms with Crippen LogP contribution in [-0.4, -0.2) is 65.6 Å². The fraction of sp³-hybridized carbons (Fsp3) is 0.875. The third-order valence-corrected chi connectivity index (χ3v) is 2.35. The van der Waals surface area contributed by atoms with E-state index in [-0.39, 0.29) is 12.5 Å². The maximum Gasteiger partial charge on any atom is 0.186 e. The van der Waals surface area contributed by atoms with Crippen molar-refractivity contribution in [3.8, 4) is 0 Å². The minimum absolute atomic E-state index is 0.0207. The van der Waals surface area contributed by atoms with E-state index in [1.54, 1.807) is 0 Å². The monoisotopic (exact) mass is 235 g/mol. The van der Waals surface area contributed by atoms with E-state index in [9.17, 15) is 15.3 Å². The standard InChI is InChI=1S/C8H17N3O5/c1-15-7-6(14)5(13)4(12)3(16-7)2-11-8(9)10/h3-7,12-14H,2H2,1H3,(H4,9,10,11)/t3-,4-,5+,6+,7+/m1/s1. The molecule has 94 valence electrons. The lowest BCUT2D eigenvalue weighted by atomic mass is 9.99. The highest BCUT2D eigenvalue weighted by molar-refractivity contribution is 5.75. The lowest BCUT2D eigenvalue weighted by molar-refractivity contribution is -0.287. The molecule has 0 saturated carbocycles. The Bertz CT molecular complexity index is 256. The molecule has 1 aliphatic rings. The second-order valence-electron chi connectivity index (χ2n) is 3.52. The SMILES string of the molecule is CO[C@H]1O[C@H](CN=C(N)N)[C@@H](O)[C@H](O)[C@@H]1O. The number of guanidine groups is 1. The van der Waals surface area contributed by atoms with Gasteiger partial charge in [-0.2, -0.15) is 0 Å². The normalized spacial score (nSPS) is 39.4. The molecule has 1 saturated heterocycles. The first-order valence-electron chi connectivity index (χ1n) is 4.75. The minimum Gasteiger partial charge on any atom is -0.388 e. The Labute approximate surface area is 92.5 Å². The highest BCUT2D eigenvalue weighted by Gasteiger charge is 2.43. The Morgan fingerprint density at radius 3 is 2.38 bits per heavy atom. The van der Waals surface area contributed by atoms with Gasteiger partial charge in [-0.05, 0) is 0 Å². The predicted molar refractivity (Wildman–Crippen MR) is 54.4 cm³/mol. The Balaban J connectivity index is 2.67. The number of methoxy groups -OCH3 is 1. The molecule has 1 heterocycles. The second kappa shape index (κ2) is 5.41. The van der Waals surface area contributed by atoms with Crippen molar-refractivity contribution in [2.45, 2.75) is 30.7 Å². The maximum absolute atomic E-state index is 9.59. The molecular formula is C8H17N3O5. The molecular weight excluding hydrogens is 218 g/mol. The first-order chi connectivity index (χ1) is 7.47. The van der Waals surface area contributed by atoms with Crippen molar-refractivity contribution in [3.63, 3.8) is 0 Å². The van der Waals surface area contributed by atoms with E-state index in [0.29, 0.717) is 0 Å². The van der Waals surface area contributed by atoms with Crippen LogP contribution in [0.1, 0.15) is 0 Å². The van der Waals surface area contributed by atoms with Gasteiger partial charge in [-0.3, -0.25) is 4.99 Å². The number of hydrogen-bond acceptors (Lipinski definition) is 6. The molecule has 16 heavy (non-hydrogen) atoms. The van der Waals surface area contributed by atoms with Gasteiger partial charge in [0.25, 0.3) is 0 Å². The van der Waals surface area contributed by atoms with Gasteiger partial charge in [-0.25, -0.2) is 0 Å². The van der Waals surface area contributed by atoms with Crippen LogP contribution in [0.4, 0.5) is 0 Å². The predicted octanol–water partition coefficient (Wildman–Crippen LogP) is -3.29. The summed E-state index contributed by atoms with van der Waals surface area (Å²) in [6.07, 6.45) is -5.79. The molecule has 8 nitrogen and oxygen atoms in total. The first kappa shape index (κ1) is 13.1. The van der Waals surface area contributed by atoms with Gasteiger partial charge in [0.2, 0.25) is 0 Å². The molecule has 0 aromatic rings. The number of rotatable bonds is 3. The van der Waals surface area contributed by atoms with E-state index in [4.69, 9.17) is 20.9 Å². The van der Waals surface area contributed by atoms with Crippen LogP contribution in [0.5, 0.6) is 0 Å². The van der Waals surface area contributed by atoms with E-state index < -0.39 is 30.7 Å². The van der Waals surface area contributed by atoms with Crippen molar-refractivity contribution in [3.05, 3.63) is 0 Å². The molecule has 5 atom stereocenters. The lowest BCUT2D eigenvalue weighted by Gasteiger charge is -2.39. The van der Waals surface area contributed by atoms with Crippen LogP contribution in [0.25, 0.3) is 0 Å². The zero-order valence-corrected chi connectivity index (χ0v) is 8.85. The summed E-state index contributed by atoms with van der Waals surface area (Å²) in [6.45, 7) is -0.0207. The summed E-state index contributed by atoms with van der Waals surface area (Å²) in [4.78, 5) is 3.67. The molecule has 1 rings (SSSR count). The molecule has 0 aromatic carbocycles. The molecule has 0 amide bonds. The summed E-state index contributed by atoms with van der Waals surface area (Å²) in [6, 6.07) is 0. The average Bonchev–Trinajstić information content (AvgIpc) is 2.25. The number of aliphatic hydroxyl groups is 3. The summed E-state index contributed by atoms with van der Waals surface area (Å²) in [7, 11) is 1.32. The number of nitrogens with zero attached hydrogens (tertiary/aromatic N) is 1. The number of aliphatic hydroxyl groups excluding tert-OH is 3. The summed E-state index contributed by atoms with van der Waals surface area (Å²) < 4.78 is 9.99. The summed E-state index contributed by atoms with van der Waals surface area (Å²) in [5.74, 6) is -0.148. The van der Waals surface area contributed by atoms with Crippen molar-refractivity contribution < 1.29 is 24.8 Å². The minimum atomic E-state index is -1.36. The van der Waals surface area contributed by atoms with Crippen LogP contribution in [0.15, 0.2) is 4.99 Å². The fourth-order valence-electron chi connectivity index (χ4n) is 1.46. The van der Waals surface area contributed by atoms with Crippen LogP contribution >= 0.6 is 0 Å². The molecule has 0 bridgehead atoms. The van der Waals surface area contributed by atoms with Gasteiger partial charge in [0.1, 0.15) is 24.4 Å². The topological polar surface area (TPSA) is 144 Å². The van der Waals surface area contributed by atoms with Crippen LogP contribution in [-0.2, 0) is 9.47 Å². The Morgan fingerprint density at radius 1 is 1.25 bits per heavy atom. The van der Waals surface area contributed by atoms with Crippen LogP contribution in [0.3, 0.4) is 0 Å². The lowest BCUT2D eigenvalue weighted by Crippen LogP contribution is -2.58. The largest absolute Gasteiger partial charge is 0.388 e. The molecule has 0 radical (unpaired) electrons. The summed E-state index contributed by atoms with van der Waals surface area (Å²) >= 11 is 0. The molecule has 0 spiro atoms. The second-order valence-corrected chi connectivity index (χ2v) is 3.52. The van der Waals surface area contributed by atoms with Crippen LogP contribution in [0.2, 0.25) is 0 Å². The Hall–Kier alpha value is -0.930. The smallest absolute Gasteiger partial charge is 0.186 e. The zero-order valence-electron chi connectivity index (χ0n) is 8.85. The van der Waals surface area contributed by atoms with Gasteiger partial charge in [0, 0.05) is 7.11 Å². The highest BCUT2D eigenvalue weighted by atomic mass is 16.7. The van der Waals surface area contributed by atoms with Gasteiger partial charge in [0.05, 0.1) is 6.54 Å². The number of nitrogens with two attached hydrogens (primary N) is 2. The van der Waals surface area contributed by atoms with Crippen molar-refractivity contribution in [1.82, 2.24) is 0 Å². The molecule has 7 N–H and O–H groups in total. The molecule has 8 heteroatoms. The van der Waals surface area contributed by atoms with Gasteiger partial charge < -0.3 is 36.3 Å². The molecule has 0 aromatic heterocycles. The van der Waals surface area contributed by atoms with E-state index >= 15 is 0 Å². The first-order valence-corrected chi connectivity index (χ1v) is 4.75. The number of ether oxygens (including phenoxy) is 2. The third kappa shape index (κ3) is 2.80. The van der Waals surface area contributed by atoms with E-state index in [1.807, 2.05) is 0 Å². The third-order valence-electron chi connectivity index (χ3n) is 2.35. The van der Waals surface area contributed by atoms with Crippen LogP contribution in [0, 0.1) is 0 Å². The number of aliphatic imine (C=N–C) groups is 1. The van der Waals surface area contributed by atoms with Gasteiger partial charge in [0.15, 0.2) is 12.2 Å². The molecule has 0 unspecified atom stereocenters. The summed E-state index contributed by atoms with van der Waals surface area (Å²) in [5.41, 5.74) is 10.3. The van der Waals surface area contributed by atoms with E-state index in [0.717, 1.165) is 0 Å². The number of hydrogen-bond donors (Lipinski definition) is 5. The molecule has 0 aliphatic carbocycles. The van der Waals surface area contributed by atoms with Crippen LogP contribution < -0.4 is 11.5 Å². The van der Waals surface area contributed by atoms with Gasteiger partial charge >= 0.3 is 0 Å². The van der Waals surface area contributed by atoms with E-state index in [2.05, 4.69) is 4.99 Å². The zero-order chi connectivity index (χ0) is 12.3. The van der Waals surface area contributed by atoms with Gasteiger partial charge in [-0.1, -0.05) is 0 Å². The fourth-order valence-corrected chi connectivity index (χ4v) is 1.46. The van der Waals surface area contributed by atoms with Crippen molar-refractivity contribution in [1.29, 1.82) is 0 Å². The highest BCUT2D eigenvalue weighted by Crippen LogP contribution is 2.21.